The van der Waals surface area contributed by atoms with Crippen LogP contribution in [0, 0.1) is 0 Å². The highest BCUT2D eigenvalue weighted by Crippen LogP contribution is 2.18. The van der Waals surface area contributed by atoms with E-state index in [-0.39, 0.29) is 0 Å². The maximum Gasteiger partial charge on any atom is 0.244 e. The van der Waals surface area contributed by atoms with E-state index >= 15 is 0 Å². The Morgan fingerprint density at radius 1 is 1.00 bits per heavy atom. The minimum atomic E-state index is 0.493. The van der Waals surface area contributed by atoms with Crippen molar-refractivity contribution < 1.29 is 0 Å². The van der Waals surface area contributed by atoms with Crippen LogP contribution < -0.4 is 10.6 Å². The van der Waals surface area contributed by atoms with E-state index in [4.69, 9.17) is 11.6 Å². The standard InChI is InChI=1S/C17H16ClN5/c18-14-7-4-8-15(11-14)21-16-12-20-23-17(22-16)19-10-9-13-5-2-1-3-6-13/h1-8,11-12H,9-10H2,(H2,19,21,22,23). The Balaban J connectivity index is 1.59. The monoisotopic (exact) mass is 325 g/mol. The second kappa shape index (κ2) is 7.56. The molecule has 0 fully saturated rings. The second-order valence-corrected chi connectivity index (χ2v) is 5.40. The second-order valence-electron chi connectivity index (χ2n) is 4.96. The molecule has 23 heavy (non-hydrogen) atoms. The Morgan fingerprint density at radius 2 is 1.87 bits per heavy atom. The van der Waals surface area contributed by atoms with E-state index < -0.39 is 0 Å². The zero-order valence-corrected chi connectivity index (χ0v) is 13.2. The summed E-state index contributed by atoms with van der Waals surface area (Å²) in [6.07, 6.45) is 2.47. The van der Waals surface area contributed by atoms with Gasteiger partial charge < -0.3 is 10.6 Å². The van der Waals surface area contributed by atoms with E-state index in [2.05, 4.69) is 37.9 Å². The third kappa shape index (κ3) is 4.66. The first-order valence-corrected chi connectivity index (χ1v) is 7.67. The van der Waals surface area contributed by atoms with Crippen molar-refractivity contribution in [3.05, 3.63) is 71.4 Å². The fourth-order valence-corrected chi connectivity index (χ4v) is 2.31. The zero-order valence-electron chi connectivity index (χ0n) is 12.4. The van der Waals surface area contributed by atoms with Crippen molar-refractivity contribution in [3.63, 3.8) is 0 Å². The first-order valence-electron chi connectivity index (χ1n) is 7.30. The molecule has 2 aromatic carbocycles. The molecule has 3 rings (SSSR count). The number of hydrogen-bond acceptors (Lipinski definition) is 5. The van der Waals surface area contributed by atoms with Gasteiger partial charge in [-0.25, -0.2) is 0 Å². The van der Waals surface area contributed by atoms with Gasteiger partial charge in [-0.2, -0.15) is 10.1 Å². The number of hydrogen-bond donors (Lipinski definition) is 2. The van der Waals surface area contributed by atoms with E-state index in [0.29, 0.717) is 16.8 Å². The zero-order chi connectivity index (χ0) is 15.9. The largest absolute Gasteiger partial charge is 0.353 e. The molecule has 0 radical (unpaired) electrons. The number of nitrogens with one attached hydrogen (secondary N) is 2. The Kier molecular flexibility index (Phi) is 5.01. The first-order chi connectivity index (χ1) is 11.3. The molecule has 2 N–H and O–H groups in total. The highest BCUT2D eigenvalue weighted by Gasteiger charge is 2.02. The number of aromatic nitrogens is 3. The molecule has 0 bridgehead atoms. The molecule has 1 aromatic heterocycles. The van der Waals surface area contributed by atoms with Gasteiger partial charge in [0.15, 0.2) is 5.82 Å². The molecule has 0 spiro atoms. The molecular weight excluding hydrogens is 310 g/mol. The summed E-state index contributed by atoms with van der Waals surface area (Å²) in [6, 6.07) is 17.7. The van der Waals surface area contributed by atoms with Crippen LogP contribution in [0.15, 0.2) is 60.8 Å². The molecule has 0 aliphatic heterocycles. The third-order valence-corrected chi connectivity index (χ3v) is 3.43. The summed E-state index contributed by atoms with van der Waals surface area (Å²) in [5.41, 5.74) is 2.12. The van der Waals surface area contributed by atoms with E-state index in [1.807, 2.05) is 42.5 Å². The number of benzene rings is 2. The van der Waals surface area contributed by atoms with Gasteiger partial charge in [-0.1, -0.05) is 48.0 Å². The Morgan fingerprint density at radius 3 is 2.70 bits per heavy atom. The van der Waals surface area contributed by atoms with Crippen molar-refractivity contribution in [1.29, 1.82) is 0 Å². The van der Waals surface area contributed by atoms with Gasteiger partial charge >= 0.3 is 0 Å². The van der Waals surface area contributed by atoms with Gasteiger partial charge in [0.25, 0.3) is 0 Å². The summed E-state index contributed by atoms with van der Waals surface area (Å²) in [5.74, 6) is 1.11. The van der Waals surface area contributed by atoms with Crippen LogP contribution in [0.3, 0.4) is 0 Å². The fraction of sp³-hybridized carbons (Fsp3) is 0.118. The summed E-state index contributed by atoms with van der Waals surface area (Å²) < 4.78 is 0. The minimum Gasteiger partial charge on any atom is -0.353 e. The van der Waals surface area contributed by atoms with E-state index in [9.17, 15) is 0 Å². The highest BCUT2D eigenvalue weighted by molar-refractivity contribution is 6.30. The lowest BCUT2D eigenvalue weighted by Gasteiger charge is -2.08. The lowest BCUT2D eigenvalue weighted by atomic mass is 10.1. The van der Waals surface area contributed by atoms with Crippen LogP contribution in [0.25, 0.3) is 0 Å². The fourth-order valence-electron chi connectivity index (χ4n) is 2.12. The molecule has 1 heterocycles. The molecule has 0 aliphatic rings. The smallest absolute Gasteiger partial charge is 0.244 e. The van der Waals surface area contributed by atoms with Crippen LogP contribution in [-0.2, 0) is 6.42 Å². The summed E-state index contributed by atoms with van der Waals surface area (Å²) in [4.78, 5) is 4.39. The molecule has 3 aromatic rings. The molecule has 0 atom stereocenters. The summed E-state index contributed by atoms with van der Waals surface area (Å²) >= 11 is 5.97. The lowest BCUT2D eigenvalue weighted by molar-refractivity contribution is 0.929. The maximum absolute atomic E-state index is 5.97. The molecule has 0 saturated heterocycles. The molecule has 0 amide bonds. The van der Waals surface area contributed by atoms with Crippen molar-refractivity contribution >= 4 is 29.1 Å². The maximum atomic E-state index is 5.97. The summed E-state index contributed by atoms with van der Waals surface area (Å²) in [7, 11) is 0. The quantitative estimate of drug-likeness (QED) is 0.719. The van der Waals surface area contributed by atoms with Crippen molar-refractivity contribution in [1.82, 2.24) is 15.2 Å². The van der Waals surface area contributed by atoms with Crippen LogP contribution in [0.2, 0.25) is 5.02 Å². The van der Waals surface area contributed by atoms with Crippen LogP contribution in [-0.4, -0.2) is 21.7 Å². The van der Waals surface area contributed by atoms with Crippen molar-refractivity contribution in [3.8, 4) is 0 Å². The van der Waals surface area contributed by atoms with Crippen molar-refractivity contribution in [2.24, 2.45) is 0 Å². The predicted molar refractivity (Wildman–Crippen MR) is 93.2 cm³/mol. The average Bonchev–Trinajstić information content (AvgIpc) is 2.56. The van der Waals surface area contributed by atoms with Gasteiger partial charge in [0.1, 0.15) is 0 Å². The molecule has 116 valence electrons. The average molecular weight is 326 g/mol. The van der Waals surface area contributed by atoms with Gasteiger partial charge in [0.05, 0.1) is 6.20 Å². The lowest BCUT2D eigenvalue weighted by Crippen LogP contribution is -2.09. The van der Waals surface area contributed by atoms with E-state index in [0.717, 1.165) is 18.7 Å². The van der Waals surface area contributed by atoms with E-state index in [1.165, 1.54) is 5.56 Å². The van der Waals surface area contributed by atoms with Crippen molar-refractivity contribution in [2.75, 3.05) is 17.2 Å². The molecule has 0 aliphatic carbocycles. The number of rotatable bonds is 6. The summed E-state index contributed by atoms with van der Waals surface area (Å²) in [6.45, 7) is 0.742. The third-order valence-electron chi connectivity index (χ3n) is 3.20. The van der Waals surface area contributed by atoms with Crippen LogP contribution in [0.4, 0.5) is 17.5 Å². The van der Waals surface area contributed by atoms with E-state index in [1.54, 1.807) is 6.20 Å². The van der Waals surface area contributed by atoms with Crippen LogP contribution in [0.5, 0.6) is 0 Å². The number of nitrogens with zero attached hydrogens (tertiary/aromatic N) is 3. The minimum absolute atomic E-state index is 0.493. The summed E-state index contributed by atoms with van der Waals surface area (Å²) in [5, 5.41) is 14.9. The van der Waals surface area contributed by atoms with Gasteiger partial charge in [0, 0.05) is 17.3 Å². The molecular formula is C17H16ClN5. The highest BCUT2D eigenvalue weighted by atomic mass is 35.5. The Bertz CT molecular complexity index is 764. The topological polar surface area (TPSA) is 62.7 Å². The van der Waals surface area contributed by atoms with Gasteiger partial charge in [-0.05, 0) is 30.2 Å². The van der Waals surface area contributed by atoms with Crippen LogP contribution in [0.1, 0.15) is 5.56 Å². The van der Waals surface area contributed by atoms with Crippen LogP contribution >= 0.6 is 11.6 Å². The van der Waals surface area contributed by atoms with Crippen molar-refractivity contribution in [2.45, 2.75) is 6.42 Å². The molecule has 0 unspecified atom stereocenters. The van der Waals surface area contributed by atoms with Gasteiger partial charge in [-0.3, -0.25) is 0 Å². The SMILES string of the molecule is Clc1cccc(Nc2cnnc(NCCc3ccccc3)n2)c1. The molecule has 0 saturated carbocycles. The number of halogens is 1. The first kappa shape index (κ1) is 15.2. The molecule has 5 nitrogen and oxygen atoms in total. The normalized spacial score (nSPS) is 10.3. The Hall–Kier alpha value is -2.66. The molecule has 6 heteroatoms. The number of anilines is 3. The van der Waals surface area contributed by atoms with Gasteiger partial charge in [0.2, 0.25) is 5.95 Å². The predicted octanol–water partition coefficient (Wildman–Crippen LogP) is 3.92. The van der Waals surface area contributed by atoms with Gasteiger partial charge in [-0.15, -0.1) is 5.10 Å². The Labute approximate surface area is 139 Å².